The molecule has 5 aromatic rings. The molecule has 1 aromatic heterocycles. The molecule has 5 rings (SSSR count). The third-order valence-corrected chi connectivity index (χ3v) is 6.08. The number of fused-ring (bicyclic) bond motifs is 2. The first-order valence-electron chi connectivity index (χ1n) is 11.0. The first-order chi connectivity index (χ1) is 16.9. The third-order valence-electron chi connectivity index (χ3n) is 6.08. The van der Waals surface area contributed by atoms with Crippen LogP contribution < -0.4 is 16.8 Å². The molecule has 0 aliphatic carbocycles. The predicted octanol–water partition coefficient (Wildman–Crippen LogP) is 4.83. The van der Waals surface area contributed by atoms with Crippen molar-refractivity contribution in [1.29, 1.82) is 10.7 Å². The molecule has 7 nitrogen and oxygen atoms in total. The second kappa shape index (κ2) is 8.69. The maximum absolute atomic E-state index is 13.4. The summed E-state index contributed by atoms with van der Waals surface area (Å²) in [6.45, 7) is 0.390. The van der Waals surface area contributed by atoms with Crippen molar-refractivity contribution in [2.45, 2.75) is 6.54 Å². The molecule has 0 unspecified atom stereocenters. The predicted molar refractivity (Wildman–Crippen MR) is 140 cm³/mol. The summed E-state index contributed by atoms with van der Waals surface area (Å²) in [7, 11) is 0. The molecule has 0 fully saturated rings. The molecular weight excluding hydrogens is 436 g/mol. The van der Waals surface area contributed by atoms with Crippen LogP contribution in [0.5, 0.6) is 0 Å². The number of nitriles is 1. The Morgan fingerprint density at radius 3 is 2.43 bits per heavy atom. The SMILES string of the molecule is N#Cc1ccc(Cn2c(C(=O)Nc3ccc(N)cc3)cc3ccc(C(=N)N)cc32)c2ccccc12. The van der Waals surface area contributed by atoms with E-state index in [2.05, 4.69) is 11.4 Å². The normalized spacial score (nSPS) is 10.8. The van der Waals surface area contributed by atoms with Crippen molar-refractivity contribution in [3.8, 4) is 6.07 Å². The lowest BCUT2D eigenvalue weighted by atomic mass is 10.00. The van der Waals surface area contributed by atoms with E-state index in [0.717, 1.165) is 27.2 Å². The molecule has 0 saturated carbocycles. The van der Waals surface area contributed by atoms with Crippen LogP contribution in [0.4, 0.5) is 11.4 Å². The second-order valence-electron chi connectivity index (χ2n) is 8.31. The number of nitrogens with two attached hydrogens (primary N) is 2. The standard InChI is InChI=1S/C28H22N6O/c29-15-19-7-8-20(24-4-2-1-3-23(19)24)16-34-25-14-18(27(31)32)6-5-17(25)13-26(34)28(35)33-22-11-9-21(30)10-12-22/h1-14H,16,30H2,(H3,31,32)(H,33,35). The number of rotatable bonds is 5. The largest absolute Gasteiger partial charge is 0.399 e. The van der Waals surface area contributed by atoms with Crippen LogP contribution >= 0.6 is 0 Å². The highest BCUT2D eigenvalue weighted by Gasteiger charge is 2.18. The molecule has 0 aliphatic rings. The molecular formula is C28H22N6O. The summed E-state index contributed by atoms with van der Waals surface area (Å²) in [5.41, 5.74) is 16.2. The molecule has 4 aromatic carbocycles. The van der Waals surface area contributed by atoms with Crippen LogP contribution in [0.3, 0.4) is 0 Å². The number of anilines is 2. The van der Waals surface area contributed by atoms with E-state index in [1.165, 1.54) is 0 Å². The molecule has 0 radical (unpaired) electrons. The maximum Gasteiger partial charge on any atom is 0.272 e. The molecule has 35 heavy (non-hydrogen) atoms. The lowest BCUT2D eigenvalue weighted by Gasteiger charge is -2.14. The van der Waals surface area contributed by atoms with Gasteiger partial charge in [-0.25, -0.2) is 0 Å². The van der Waals surface area contributed by atoms with Gasteiger partial charge in [0.1, 0.15) is 11.5 Å². The van der Waals surface area contributed by atoms with Crippen LogP contribution in [0.25, 0.3) is 21.7 Å². The Morgan fingerprint density at radius 2 is 1.71 bits per heavy atom. The van der Waals surface area contributed by atoms with Gasteiger partial charge in [0.2, 0.25) is 0 Å². The molecule has 170 valence electrons. The number of hydrogen-bond acceptors (Lipinski definition) is 4. The Kier molecular flexibility index (Phi) is 5.40. The molecule has 6 N–H and O–H groups in total. The van der Waals surface area contributed by atoms with Crippen molar-refractivity contribution in [2.75, 3.05) is 11.1 Å². The number of amidine groups is 1. The zero-order chi connectivity index (χ0) is 24.5. The molecule has 0 atom stereocenters. The fourth-order valence-electron chi connectivity index (χ4n) is 4.31. The summed E-state index contributed by atoms with van der Waals surface area (Å²) in [4.78, 5) is 13.4. The zero-order valence-electron chi connectivity index (χ0n) is 18.7. The van der Waals surface area contributed by atoms with Gasteiger partial charge in [0, 0.05) is 34.4 Å². The number of benzene rings is 4. The van der Waals surface area contributed by atoms with Gasteiger partial charge in [-0.15, -0.1) is 0 Å². The minimum absolute atomic E-state index is 0.0450. The van der Waals surface area contributed by atoms with Crippen molar-refractivity contribution in [1.82, 2.24) is 4.57 Å². The van der Waals surface area contributed by atoms with Crippen molar-refractivity contribution < 1.29 is 4.79 Å². The number of nitrogens with zero attached hydrogens (tertiary/aromatic N) is 2. The minimum atomic E-state index is -0.270. The Labute approximate surface area is 201 Å². The monoisotopic (exact) mass is 458 g/mol. The van der Waals surface area contributed by atoms with Crippen LogP contribution in [0, 0.1) is 16.7 Å². The lowest BCUT2D eigenvalue weighted by molar-refractivity contribution is 0.101. The lowest BCUT2D eigenvalue weighted by Crippen LogP contribution is -2.18. The van der Waals surface area contributed by atoms with Gasteiger partial charge in [0.25, 0.3) is 5.91 Å². The number of nitrogens with one attached hydrogen (secondary N) is 2. The number of nitrogen functional groups attached to an aromatic ring is 2. The van der Waals surface area contributed by atoms with Gasteiger partial charge < -0.3 is 21.4 Å². The van der Waals surface area contributed by atoms with Crippen molar-refractivity contribution in [2.24, 2.45) is 5.73 Å². The molecule has 0 aliphatic heterocycles. The highest BCUT2D eigenvalue weighted by Crippen LogP contribution is 2.28. The fourth-order valence-corrected chi connectivity index (χ4v) is 4.31. The molecule has 1 amide bonds. The van der Waals surface area contributed by atoms with Crippen molar-refractivity contribution in [3.05, 3.63) is 107 Å². The van der Waals surface area contributed by atoms with E-state index in [9.17, 15) is 10.1 Å². The number of carbonyl (C=O) groups excluding carboxylic acids is 1. The van der Waals surface area contributed by atoms with Gasteiger partial charge in [-0.2, -0.15) is 5.26 Å². The third kappa shape index (κ3) is 4.05. The van der Waals surface area contributed by atoms with Gasteiger partial charge in [-0.3, -0.25) is 10.2 Å². The van der Waals surface area contributed by atoms with E-state index in [1.54, 1.807) is 36.4 Å². The Hall–Kier alpha value is -5.09. The minimum Gasteiger partial charge on any atom is -0.399 e. The number of aromatic nitrogens is 1. The molecule has 0 spiro atoms. The first kappa shape index (κ1) is 21.7. The van der Waals surface area contributed by atoms with Crippen LogP contribution in [-0.2, 0) is 6.54 Å². The molecule has 1 heterocycles. The number of carbonyl (C=O) groups is 1. The van der Waals surface area contributed by atoms with Crippen molar-refractivity contribution >= 4 is 44.8 Å². The quantitative estimate of drug-likeness (QED) is 0.170. The summed E-state index contributed by atoms with van der Waals surface area (Å²) in [5.74, 6) is -0.315. The van der Waals surface area contributed by atoms with Gasteiger partial charge in [-0.1, -0.05) is 42.5 Å². The van der Waals surface area contributed by atoms with Crippen LogP contribution in [0.2, 0.25) is 0 Å². The Balaban J connectivity index is 1.65. The summed E-state index contributed by atoms with van der Waals surface area (Å²) in [5, 5.41) is 23.0. The Bertz CT molecular complexity index is 1660. The highest BCUT2D eigenvalue weighted by atomic mass is 16.1. The van der Waals surface area contributed by atoms with E-state index < -0.39 is 0 Å². The molecule has 0 bridgehead atoms. The molecule has 0 saturated heterocycles. The Morgan fingerprint density at radius 1 is 0.971 bits per heavy atom. The maximum atomic E-state index is 13.4. The van der Waals surface area contributed by atoms with Crippen LogP contribution in [0.15, 0.2) is 84.9 Å². The van der Waals surface area contributed by atoms with Crippen LogP contribution in [0.1, 0.15) is 27.2 Å². The van der Waals surface area contributed by atoms with Gasteiger partial charge in [0.05, 0.1) is 11.6 Å². The average Bonchev–Trinajstić information content (AvgIpc) is 3.23. The second-order valence-corrected chi connectivity index (χ2v) is 8.31. The average molecular weight is 459 g/mol. The number of amides is 1. The van der Waals surface area contributed by atoms with E-state index >= 15 is 0 Å². The summed E-state index contributed by atoms with van der Waals surface area (Å²) < 4.78 is 1.92. The zero-order valence-corrected chi connectivity index (χ0v) is 18.7. The van der Waals surface area contributed by atoms with Gasteiger partial charge in [0.15, 0.2) is 0 Å². The van der Waals surface area contributed by atoms with E-state index in [-0.39, 0.29) is 11.7 Å². The smallest absolute Gasteiger partial charge is 0.272 e. The topological polar surface area (TPSA) is 134 Å². The summed E-state index contributed by atoms with van der Waals surface area (Å²) in [6.07, 6.45) is 0. The highest BCUT2D eigenvalue weighted by molar-refractivity contribution is 6.07. The van der Waals surface area contributed by atoms with Gasteiger partial charge in [-0.05, 0) is 58.8 Å². The van der Waals surface area contributed by atoms with E-state index in [4.69, 9.17) is 16.9 Å². The summed E-state index contributed by atoms with van der Waals surface area (Å²) >= 11 is 0. The number of hydrogen-bond donors (Lipinski definition) is 4. The first-order valence-corrected chi connectivity index (χ1v) is 11.0. The van der Waals surface area contributed by atoms with Crippen molar-refractivity contribution in [3.63, 3.8) is 0 Å². The van der Waals surface area contributed by atoms with Gasteiger partial charge >= 0.3 is 0 Å². The molecule has 7 heteroatoms. The van der Waals surface area contributed by atoms with E-state index in [1.807, 2.05) is 53.1 Å². The van der Waals surface area contributed by atoms with E-state index in [0.29, 0.717) is 34.7 Å². The van der Waals surface area contributed by atoms with Crippen LogP contribution in [-0.4, -0.2) is 16.3 Å². The fraction of sp³-hybridized carbons (Fsp3) is 0.0357. The summed E-state index contributed by atoms with van der Waals surface area (Å²) in [6, 6.07) is 28.0.